The Morgan fingerprint density at radius 1 is 0.635 bits per heavy atom. The van der Waals surface area contributed by atoms with E-state index < -0.39 is 115 Å². The Morgan fingerprint density at radius 2 is 1.21 bits per heavy atom. The van der Waals surface area contributed by atoms with Crippen LogP contribution in [0.4, 0.5) is 0 Å². The average molecular weight is 898 g/mol. The molecular formula is C39H67N11O13. The van der Waals surface area contributed by atoms with Crippen molar-refractivity contribution in [3.63, 3.8) is 0 Å². The zero-order chi connectivity index (χ0) is 47.6. The van der Waals surface area contributed by atoms with Crippen LogP contribution in [0.5, 0.6) is 0 Å². The van der Waals surface area contributed by atoms with E-state index in [2.05, 4.69) is 37.2 Å². The first-order chi connectivity index (χ1) is 29.6. The van der Waals surface area contributed by atoms with Gasteiger partial charge in [0, 0.05) is 13.1 Å². The van der Waals surface area contributed by atoms with Crippen molar-refractivity contribution < 1.29 is 63.3 Å². The summed E-state index contributed by atoms with van der Waals surface area (Å²) in [6, 6.07) is -8.65. The van der Waals surface area contributed by atoms with Gasteiger partial charge in [-0.05, 0) is 84.6 Å². The Morgan fingerprint density at radius 3 is 1.78 bits per heavy atom. The molecule has 0 spiro atoms. The molecule has 2 aliphatic heterocycles. The molecule has 0 aromatic heterocycles. The van der Waals surface area contributed by atoms with Gasteiger partial charge in [0.25, 0.3) is 0 Å². The lowest BCUT2D eigenvalue weighted by atomic mass is 10.0. The predicted molar refractivity (Wildman–Crippen MR) is 223 cm³/mol. The molecule has 0 unspecified atom stereocenters. The second-order valence-electron chi connectivity index (χ2n) is 16.3. The summed E-state index contributed by atoms with van der Waals surface area (Å²) < 4.78 is 0. The molecule has 9 amide bonds. The van der Waals surface area contributed by atoms with Gasteiger partial charge in [0.15, 0.2) is 0 Å². The van der Waals surface area contributed by atoms with Crippen LogP contribution in [0.15, 0.2) is 0 Å². The first kappa shape index (κ1) is 53.7. The number of unbranched alkanes of at least 4 members (excludes halogenated alkanes) is 1. The number of nitrogens with one attached hydrogen (secondary N) is 7. The number of hydrogen-bond donors (Lipinski definition) is 12. The van der Waals surface area contributed by atoms with Crippen molar-refractivity contribution >= 4 is 59.1 Å². The van der Waals surface area contributed by atoms with Crippen LogP contribution in [0, 0.1) is 5.92 Å². The summed E-state index contributed by atoms with van der Waals surface area (Å²) in [4.78, 5) is 131. The van der Waals surface area contributed by atoms with Gasteiger partial charge in [-0.3, -0.25) is 43.2 Å². The number of carboxylic acid groups (broad SMARTS) is 1. The molecule has 2 fully saturated rings. The van der Waals surface area contributed by atoms with Gasteiger partial charge in [0.1, 0.15) is 42.3 Å². The molecule has 0 aromatic carbocycles. The van der Waals surface area contributed by atoms with Gasteiger partial charge < -0.3 is 73.8 Å². The van der Waals surface area contributed by atoms with Crippen LogP contribution in [-0.4, -0.2) is 178 Å². The van der Waals surface area contributed by atoms with Crippen molar-refractivity contribution in [3.8, 4) is 0 Å². The van der Waals surface area contributed by atoms with E-state index in [1.165, 1.54) is 30.6 Å². The third-order valence-electron chi connectivity index (χ3n) is 10.5. The highest BCUT2D eigenvalue weighted by Crippen LogP contribution is 2.25. The molecule has 2 rings (SSSR count). The van der Waals surface area contributed by atoms with Gasteiger partial charge in [0.05, 0.1) is 31.8 Å². The largest absolute Gasteiger partial charge is 0.480 e. The Bertz CT molecular complexity index is 1650. The predicted octanol–water partition coefficient (Wildman–Crippen LogP) is -5.38. The summed E-state index contributed by atoms with van der Waals surface area (Å²) >= 11 is 0. The van der Waals surface area contributed by atoms with Crippen LogP contribution in [0.25, 0.3) is 0 Å². The first-order valence-corrected chi connectivity index (χ1v) is 21.3. The molecule has 0 radical (unpaired) electrons. The smallest absolute Gasteiger partial charge is 0.326 e. The third kappa shape index (κ3) is 17.0. The lowest BCUT2D eigenvalue weighted by molar-refractivity contribution is -0.146. The molecule has 2 saturated heterocycles. The first-order valence-electron chi connectivity index (χ1n) is 21.3. The third-order valence-corrected chi connectivity index (χ3v) is 10.5. The van der Waals surface area contributed by atoms with Gasteiger partial charge in [-0.25, -0.2) is 4.79 Å². The minimum absolute atomic E-state index is 0.0138. The number of likely N-dealkylation sites (tertiary alicyclic amines) is 2. The minimum Gasteiger partial charge on any atom is -0.480 e. The molecule has 63 heavy (non-hydrogen) atoms. The molecule has 9 atom stereocenters. The molecule has 356 valence electrons. The molecule has 0 aliphatic carbocycles. The normalized spacial score (nSPS) is 19.3. The summed E-state index contributed by atoms with van der Waals surface area (Å²) in [5, 5.41) is 46.6. The molecule has 24 nitrogen and oxygen atoms in total. The molecule has 0 bridgehead atoms. The number of carboxylic acids is 1. The van der Waals surface area contributed by atoms with Crippen molar-refractivity contribution in [2.45, 2.75) is 140 Å². The molecule has 24 heteroatoms. The fraction of sp³-hybridized carbons (Fsp3) is 0.744. The van der Waals surface area contributed by atoms with Crippen LogP contribution < -0.4 is 48.7 Å². The average Bonchev–Trinajstić information content (AvgIpc) is 3.92. The summed E-state index contributed by atoms with van der Waals surface area (Å²) in [5.74, 6) is -8.17. The van der Waals surface area contributed by atoms with E-state index in [1.807, 2.05) is 0 Å². The zero-order valence-corrected chi connectivity index (χ0v) is 36.6. The quantitative estimate of drug-likeness (QED) is 0.0381. The topological polar surface area (TPSA) is 374 Å². The zero-order valence-electron chi connectivity index (χ0n) is 36.6. The molecule has 0 aromatic rings. The molecule has 2 heterocycles. The van der Waals surface area contributed by atoms with E-state index in [-0.39, 0.29) is 50.2 Å². The van der Waals surface area contributed by atoms with Crippen LogP contribution in [-0.2, 0) is 47.9 Å². The lowest BCUT2D eigenvalue weighted by Crippen LogP contribution is -2.60. The van der Waals surface area contributed by atoms with Gasteiger partial charge in [-0.15, -0.1) is 0 Å². The lowest BCUT2D eigenvalue weighted by Gasteiger charge is -2.30. The minimum atomic E-state index is -1.62. The maximum atomic E-state index is 13.4. The second kappa shape index (κ2) is 26.2. The monoisotopic (exact) mass is 897 g/mol. The van der Waals surface area contributed by atoms with Crippen LogP contribution in [0.1, 0.15) is 86.0 Å². The number of aliphatic carboxylic acids is 1. The van der Waals surface area contributed by atoms with Crippen LogP contribution in [0.2, 0.25) is 0 Å². The van der Waals surface area contributed by atoms with Crippen molar-refractivity contribution in [2.24, 2.45) is 17.4 Å². The Balaban J connectivity index is 1.99. The molecule has 0 saturated carbocycles. The number of nitrogens with zero attached hydrogens (tertiary/aromatic N) is 2. The standard InChI is InChI=1S/C39H67N11O13/c1-20(2)16-25(39(62)63)46-33(56)21(3)44-37(60)32(23(5)52)48-34(57)24(10-6-7-13-40)45-28(53)18-43-36(59)31(22(4)51)47-29(54)19-42-35(58)26-11-8-15-50(26)38(61)27-12-9-14-49(27)30(55)17-41/h20-27,31-32,51-52H,6-19,40-41H2,1-5H3,(H,42,58)(H,43,59)(H,44,60)(H,45,53)(H,46,56)(H,47,54)(H,48,57)(H,62,63)/t21-,22+,23+,24-,25-,26-,27-,31-,32-/m0/s1. The van der Waals surface area contributed by atoms with Crippen molar-refractivity contribution in [3.05, 3.63) is 0 Å². The maximum absolute atomic E-state index is 13.4. The van der Waals surface area contributed by atoms with E-state index in [0.29, 0.717) is 45.1 Å². The number of carbonyl (C=O) groups excluding carboxylic acids is 9. The fourth-order valence-electron chi connectivity index (χ4n) is 7.15. The highest BCUT2D eigenvalue weighted by atomic mass is 16.4. The molecular weight excluding hydrogens is 830 g/mol. The maximum Gasteiger partial charge on any atom is 0.326 e. The highest BCUT2D eigenvalue weighted by Gasteiger charge is 2.42. The van der Waals surface area contributed by atoms with Gasteiger partial charge >= 0.3 is 5.97 Å². The number of carbonyl (C=O) groups is 10. The number of amides is 9. The number of rotatable bonds is 25. The Labute approximate surface area is 366 Å². The Kier molecular flexibility index (Phi) is 22.3. The SMILES string of the molecule is CC(C)C[C@H](NC(=O)[C@H](C)NC(=O)[C@@H](NC(=O)[C@H](CCCCN)NC(=O)CNC(=O)[C@@H](NC(=O)CNC(=O)[C@@H]1CCCN1C(=O)[C@@H]1CCCN1C(=O)CN)[C@@H](C)O)[C@@H](C)O)C(=O)O. The number of hydrogen-bond acceptors (Lipinski definition) is 14. The van der Waals surface area contributed by atoms with Crippen LogP contribution in [0.3, 0.4) is 0 Å². The number of nitrogens with two attached hydrogens (primary N) is 2. The van der Waals surface area contributed by atoms with Crippen molar-refractivity contribution in [1.29, 1.82) is 0 Å². The molecule has 14 N–H and O–H groups in total. The fourth-order valence-corrected chi connectivity index (χ4v) is 7.15. The molecule has 2 aliphatic rings. The Hall–Kier alpha value is -5.46. The van der Waals surface area contributed by atoms with Gasteiger partial charge in [-0.2, -0.15) is 0 Å². The van der Waals surface area contributed by atoms with Crippen molar-refractivity contribution in [2.75, 3.05) is 39.3 Å². The van der Waals surface area contributed by atoms with E-state index in [0.717, 1.165) is 0 Å². The number of aliphatic hydroxyl groups is 2. The second-order valence-corrected chi connectivity index (χ2v) is 16.3. The summed E-state index contributed by atoms with van der Waals surface area (Å²) in [6.45, 7) is 6.52. The van der Waals surface area contributed by atoms with E-state index in [4.69, 9.17) is 11.5 Å². The van der Waals surface area contributed by atoms with E-state index >= 15 is 0 Å². The summed E-state index contributed by atoms with van der Waals surface area (Å²) in [5.41, 5.74) is 11.1. The van der Waals surface area contributed by atoms with Crippen molar-refractivity contribution in [1.82, 2.24) is 47.0 Å². The number of aliphatic hydroxyl groups excluding tert-OH is 2. The highest BCUT2D eigenvalue weighted by molar-refractivity contribution is 5.97. The van der Waals surface area contributed by atoms with E-state index in [9.17, 15) is 63.3 Å². The van der Waals surface area contributed by atoms with Gasteiger partial charge in [-0.1, -0.05) is 13.8 Å². The summed E-state index contributed by atoms with van der Waals surface area (Å²) in [6.07, 6.45) is -0.178. The van der Waals surface area contributed by atoms with E-state index in [1.54, 1.807) is 13.8 Å². The summed E-state index contributed by atoms with van der Waals surface area (Å²) in [7, 11) is 0. The van der Waals surface area contributed by atoms with Crippen LogP contribution >= 0.6 is 0 Å². The van der Waals surface area contributed by atoms with Gasteiger partial charge in [0.2, 0.25) is 53.2 Å².